The Hall–Kier alpha value is -1.88. The maximum absolute atomic E-state index is 12.3. The molecule has 1 fully saturated rings. The molecule has 5 heteroatoms. The smallest absolute Gasteiger partial charge is 0.225 e. The van der Waals surface area contributed by atoms with Gasteiger partial charge in [-0.2, -0.15) is 0 Å². The summed E-state index contributed by atoms with van der Waals surface area (Å²) in [6.07, 6.45) is 1.29. The maximum Gasteiger partial charge on any atom is 0.225 e. The first-order valence-electron chi connectivity index (χ1n) is 8.72. The third-order valence-electron chi connectivity index (χ3n) is 4.35. The summed E-state index contributed by atoms with van der Waals surface area (Å²) < 4.78 is 5.45. The highest BCUT2D eigenvalue weighted by Crippen LogP contribution is 2.28. The van der Waals surface area contributed by atoms with Crippen LogP contribution in [-0.4, -0.2) is 42.5 Å². The number of nitrogens with zero attached hydrogens (tertiary/aromatic N) is 1. The molecule has 1 aliphatic heterocycles. The molecule has 0 radical (unpaired) electrons. The number of hydrogen-bond donors (Lipinski definition) is 1. The second-order valence-electron chi connectivity index (χ2n) is 6.60. The van der Waals surface area contributed by atoms with Crippen molar-refractivity contribution in [3.05, 3.63) is 35.9 Å². The molecule has 1 aromatic carbocycles. The van der Waals surface area contributed by atoms with Crippen LogP contribution in [0.4, 0.5) is 0 Å². The normalized spacial score (nSPS) is 18.9. The molecular formula is C19H28N2O3. The summed E-state index contributed by atoms with van der Waals surface area (Å²) in [6, 6.07) is 9.92. The Morgan fingerprint density at radius 3 is 2.67 bits per heavy atom. The lowest BCUT2D eigenvalue weighted by atomic mass is 10.1. The number of benzene rings is 1. The van der Waals surface area contributed by atoms with Crippen LogP contribution in [0.1, 0.15) is 45.2 Å². The van der Waals surface area contributed by atoms with E-state index in [1.807, 2.05) is 51.1 Å². The quantitative estimate of drug-likeness (QED) is 0.744. The van der Waals surface area contributed by atoms with Gasteiger partial charge in [-0.05, 0) is 32.8 Å². The average molecular weight is 332 g/mol. The summed E-state index contributed by atoms with van der Waals surface area (Å²) >= 11 is 0. The fourth-order valence-electron chi connectivity index (χ4n) is 2.94. The predicted molar refractivity (Wildman–Crippen MR) is 93.4 cm³/mol. The van der Waals surface area contributed by atoms with Gasteiger partial charge in [-0.1, -0.05) is 30.3 Å². The van der Waals surface area contributed by atoms with E-state index in [1.165, 1.54) is 0 Å². The second kappa shape index (κ2) is 8.83. The highest BCUT2D eigenvalue weighted by Gasteiger charge is 2.36. The highest BCUT2D eigenvalue weighted by atomic mass is 16.5. The molecule has 5 nitrogen and oxygen atoms in total. The molecule has 2 atom stereocenters. The largest absolute Gasteiger partial charge is 0.379 e. The third kappa shape index (κ3) is 5.06. The molecule has 1 aliphatic rings. The number of hydrogen-bond acceptors (Lipinski definition) is 3. The van der Waals surface area contributed by atoms with Gasteiger partial charge in [0.1, 0.15) is 0 Å². The molecule has 2 rings (SSSR count). The number of likely N-dealkylation sites (tertiary alicyclic amines) is 1. The highest BCUT2D eigenvalue weighted by molar-refractivity contribution is 5.89. The van der Waals surface area contributed by atoms with Crippen LogP contribution < -0.4 is 5.32 Å². The van der Waals surface area contributed by atoms with E-state index >= 15 is 0 Å². The van der Waals surface area contributed by atoms with Crippen LogP contribution >= 0.6 is 0 Å². The van der Waals surface area contributed by atoms with E-state index < -0.39 is 0 Å². The molecule has 1 saturated heterocycles. The fraction of sp³-hybridized carbons (Fsp3) is 0.579. The van der Waals surface area contributed by atoms with Crippen molar-refractivity contribution in [3.63, 3.8) is 0 Å². The van der Waals surface area contributed by atoms with Crippen molar-refractivity contribution in [2.24, 2.45) is 5.92 Å². The minimum atomic E-state index is -0.255. The average Bonchev–Trinajstić information content (AvgIpc) is 2.96. The fourth-order valence-corrected chi connectivity index (χ4v) is 2.94. The van der Waals surface area contributed by atoms with Crippen molar-refractivity contribution in [1.29, 1.82) is 0 Å². The molecule has 0 unspecified atom stereocenters. The van der Waals surface area contributed by atoms with E-state index in [-0.39, 0.29) is 29.9 Å². The first kappa shape index (κ1) is 18.5. The van der Waals surface area contributed by atoms with E-state index in [0.717, 1.165) is 12.0 Å². The van der Waals surface area contributed by atoms with Gasteiger partial charge in [0.25, 0.3) is 0 Å². The van der Waals surface area contributed by atoms with Crippen molar-refractivity contribution < 1.29 is 14.3 Å². The van der Waals surface area contributed by atoms with E-state index in [4.69, 9.17) is 4.74 Å². The topological polar surface area (TPSA) is 58.6 Å². The zero-order chi connectivity index (χ0) is 17.5. The zero-order valence-electron chi connectivity index (χ0n) is 14.8. The van der Waals surface area contributed by atoms with E-state index in [0.29, 0.717) is 26.1 Å². The monoisotopic (exact) mass is 332 g/mol. The molecular weight excluding hydrogens is 304 g/mol. The summed E-state index contributed by atoms with van der Waals surface area (Å²) in [6.45, 7) is 7.71. The Labute approximate surface area is 144 Å². The van der Waals surface area contributed by atoms with E-state index in [2.05, 4.69) is 5.32 Å². The standard InChI is InChI=1S/C19H28N2O3/c1-14(2)24-11-7-10-20-19(23)17-12-18(22)21(13-17)15(3)16-8-5-4-6-9-16/h4-6,8-9,14-15,17H,7,10-13H2,1-3H3,(H,20,23)/t15-,17+/m1/s1. The van der Waals surface area contributed by atoms with E-state index in [1.54, 1.807) is 4.90 Å². The summed E-state index contributed by atoms with van der Waals surface area (Å²) in [4.78, 5) is 26.3. The number of nitrogens with one attached hydrogen (secondary N) is 1. The molecule has 0 aromatic heterocycles. The Balaban J connectivity index is 1.80. The second-order valence-corrected chi connectivity index (χ2v) is 6.60. The molecule has 0 saturated carbocycles. The van der Waals surface area contributed by atoms with Crippen LogP contribution in [0.5, 0.6) is 0 Å². The van der Waals surface area contributed by atoms with Gasteiger partial charge in [0, 0.05) is 26.1 Å². The van der Waals surface area contributed by atoms with Crippen LogP contribution in [0.15, 0.2) is 30.3 Å². The van der Waals surface area contributed by atoms with Crippen LogP contribution in [0.25, 0.3) is 0 Å². The first-order chi connectivity index (χ1) is 11.5. The van der Waals surface area contributed by atoms with Gasteiger partial charge in [0.05, 0.1) is 18.1 Å². The molecule has 2 amide bonds. The van der Waals surface area contributed by atoms with Crippen molar-refractivity contribution in [2.75, 3.05) is 19.7 Å². The van der Waals surface area contributed by atoms with Crippen LogP contribution in [0.2, 0.25) is 0 Å². The molecule has 132 valence electrons. The SMILES string of the molecule is CC(C)OCCCNC(=O)[C@H]1CC(=O)N([C@H](C)c2ccccc2)C1. The maximum atomic E-state index is 12.3. The summed E-state index contributed by atoms with van der Waals surface area (Å²) in [5.41, 5.74) is 1.10. The van der Waals surface area contributed by atoms with Crippen LogP contribution in [0, 0.1) is 5.92 Å². The van der Waals surface area contributed by atoms with Crippen molar-refractivity contribution >= 4 is 11.8 Å². The third-order valence-corrected chi connectivity index (χ3v) is 4.35. The Bertz CT molecular complexity index is 545. The minimum absolute atomic E-state index is 0.00376. The van der Waals surface area contributed by atoms with Gasteiger partial charge in [-0.15, -0.1) is 0 Å². The van der Waals surface area contributed by atoms with Crippen molar-refractivity contribution in [2.45, 2.75) is 45.8 Å². The van der Waals surface area contributed by atoms with Gasteiger partial charge in [0.2, 0.25) is 11.8 Å². The van der Waals surface area contributed by atoms with Gasteiger partial charge < -0.3 is 15.0 Å². The zero-order valence-corrected chi connectivity index (χ0v) is 14.8. The number of carbonyl (C=O) groups is 2. The van der Waals surface area contributed by atoms with Gasteiger partial charge in [0.15, 0.2) is 0 Å². The van der Waals surface area contributed by atoms with E-state index in [9.17, 15) is 9.59 Å². The number of ether oxygens (including phenoxy) is 1. The van der Waals surface area contributed by atoms with Gasteiger partial charge in [-0.25, -0.2) is 0 Å². The molecule has 1 N–H and O–H groups in total. The summed E-state index contributed by atoms with van der Waals surface area (Å²) in [5.74, 6) is -0.236. The predicted octanol–water partition coefficient (Wildman–Crippen LogP) is 2.53. The Kier molecular flexibility index (Phi) is 6.79. The Morgan fingerprint density at radius 1 is 1.29 bits per heavy atom. The Morgan fingerprint density at radius 2 is 2.00 bits per heavy atom. The molecule has 0 aliphatic carbocycles. The minimum Gasteiger partial charge on any atom is -0.379 e. The van der Waals surface area contributed by atoms with Gasteiger partial charge >= 0.3 is 0 Å². The molecule has 0 spiro atoms. The molecule has 0 bridgehead atoms. The first-order valence-corrected chi connectivity index (χ1v) is 8.72. The summed E-state index contributed by atoms with van der Waals surface area (Å²) in [5, 5.41) is 2.92. The lowest BCUT2D eigenvalue weighted by Gasteiger charge is -2.25. The molecule has 24 heavy (non-hydrogen) atoms. The lowest BCUT2D eigenvalue weighted by Crippen LogP contribution is -2.34. The van der Waals surface area contributed by atoms with Crippen LogP contribution in [-0.2, 0) is 14.3 Å². The molecule has 1 heterocycles. The molecule has 1 aromatic rings. The lowest BCUT2D eigenvalue weighted by molar-refractivity contribution is -0.130. The summed E-state index contributed by atoms with van der Waals surface area (Å²) in [7, 11) is 0. The van der Waals surface area contributed by atoms with Crippen molar-refractivity contribution in [1.82, 2.24) is 10.2 Å². The number of rotatable bonds is 8. The van der Waals surface area contributed by atoms with Gasteiger partial charge in [-0.3, -0.25) is 9.59 Å². The number of carbonyl (C=O) groups excluding carboxylic acids is 2. The van der Waals surface area contributed by atoms with Crippen LogP contribution in [0.3, 0.4) is 0 Å². The number of amides is 2. The van der Waals surface area contributed by atoms with Crippen molar-refractivity contribution in [3.8, 4) is 0 Å².